The van der Waals surface area contributed by atoms with Crippen LogP contribution in [0.15, 0.2) is 30.3 Å². The molecule has 1 aromatic rings. The summed E-state index contributed by atoms with van der Waals surface area (Å²) in [6, 6.07) is 8.66. The SMILES string of the molecule is CCN(CCC(F)(F)F)C(=O)COc1ccccc1. The maximum atomic E-state index is 12.1. The molecule has 0 aliphatic carbocycles. The van der Waals surface area contributed by atoms with Crippen molar-refractivity contribution in [2.75, 3.05) is 19.7 Å². The number of ether oxygens (including phenoxy) is 1. The molecular formula is C13H16F3NO2. The first-order valence-corrected chi connectivity index (χ1v) is 5.94. The lowest BCUT2D eigenvalue weighted by molar-refractivity contribution is -0.146. The molecular weight excluding hydrogens is 259 g/mol. The number of carbonyl (C=O) groups excluding carboxylic acids is 1. The molecule has 0 N–H and O–H groups in total. The number of amides is 1. The lowest BCUT2D eigenvalue weighted by Gasteiger charge is -2.21. The normalized spacial score (nSPS) is 11.2. The van der Waals surface area contributed by atoms with Crippen LogP contribution < -0.4 is 4.74 Å². The van der Waals surface area contributed by atoms with Gasteiger partial charge in [0, 0.05) is 13.1 Å². The largest absolute Gasteiger partial charge is 0.484 e. The number of hydrogen-bond acceptors (Lipinski definition) is 2. The van der Waals surface area contributed by atoms with Crippen LogP contribution in [0.2, 0.25) is 0 Å². The Bertz CT molecular complexity index is 393. The molecule has 0 unspecified atom stereocenters. The maximum absolute atomic E-state index is 12.1. The van der Waals surface area contributed by atoms with Crippen molar-refractivity contribution in [1.82, 2.24) is 4.90 Å². The molecule has 1 amide bonds. The summed E-state index contributed by atoms with van der Waals surface area (Å²) in [6.45, 7) is 1.27. The van der Waals surface area contributed by atoms with Crippen LogP contribution in [0.4, 0.5) is 13.2 Å². The number of para-hydroxylation sites is 1. The Balaban J connectivity index is 2.41. The van der Waals surface area contributed by atoms with Gasteiger partial charge in [-0.25, -0.2) is 0 Å². The lowest BCUT2D eigenvalue weighted by Crippen LogP contribution is -2.37. The van der Waals surface area contributed by atoms with E-state index in [-0.39, 0.29) is 19.7 Å². The summed E-state index contributed by atoms with van der Waals surface area (Å²) in [4.78, 5) is 12.8. The van der Waals surface area contributed by atoms with Crippen molar-refractivity contribution in [3.8, 4) is 5.75 Å². The van der Waals surface area contributed by atoms with Gasteiger partial charge < -0.3 is 9.64 Å². The van der Waals surface area contributed by atoms with Crippen LogP contribution in [0.25, 0.3) is 0 Å². The fourth-order valence-corrected chi connectivity index (χ4v) is 1.47. The zero-order valence-corrected chi connectivity index (χ0v) is 10.6. The predicted molar refractivity (Wildman–Crippen MR) is 64.9 cm³/mol. The maximum Gasteiger partial charge on any atom is 0.390 e. The first-order chi connectivity index (χ1) is 8.92. The molecule has 0 bridgehead atoms. The molecule has 0 atom stereocenters. The van der Waals surface area contributed by atoms with E-state index in [1.807, 2.05) is 0 Å². The van der Waals surface area contributed by atoms with Gasteiger partial charge >= 0.3 is 6.18 Å². The lowest BCUT2D eigenvalue weighted by atomic mass is 10.3. The molecule has 19 heavy (non-hydrogen) atoms. The summed E-state index contributed by atoms with van der Waals surface area (Å²) in [5.41, 5.74) is 0. The first-order valence-electron chi connectivity index (χ1n) is 5.94. The molecule has 0 radical (unpaired) electrons. The summed E-state index contributed by atoms with van der Waals surface area (Å²) >= 11 is 0. The van der Waals surface area contributed by atoms with Crippen molar-refractivity contribution in [2.45, 2.75) is 19.5 Å². The summed E-state index contributed by atoms with van der Waals surface area (Å²) in [5, 5.41) is 0. The van der Waals surface area contributed by atoms with Crippen LogP contribution >= 0.6 is 0 Å². The highest BCUT2D eigenvalue weighted by molar-refractivity contribution is 5.77. The zero-order valence-electron chi connectivity index (χ0n) is 10.6. The molecule has 0 spiro atoms. The predicted octanol–water partition coefficient (Wildman–Crippen LogP) is 2.87. The van der Waals surface area contributed by atoms with Gasteiger partial charge in [0.15, 0.2) is 6.61 Å². The number of carbonyl (C=O) groups is 1. The van der Waals surface area contributed by atoms with Crippen molar-refractivity contribution in [3.63, 3.8) is 0 Å². The molecule has 0 saturated carbocycles. The summed E-state index contributed by atoms with van der Waals surface area (Å²) in [7, 11) is 0. The Morgan fingerprint density at radius 2 is 1.89 bits per heavy atom. The average Bonchev–Trinajstić information content (AvgIpc) is 2.37. The number of nitrogens with zero attached hydrogens (tertiary/aromatic N) is 1. The topological polar surface area (TPSA) is 29.5 Å². The smallest absolute Gasteiger partial charge is 0.390 e. The van der Waals surface area contributed by atoms with Gasteiger partial charge in [-0.2, -0.15) is 13.2 Å². The fourth-order valence-electron chi connectivity index (χ4n) is 1.47. The molecule has 0 heterocycles. The highest BCUT2D eigenvalue weighted by atomic mass is 19.4. The Labute approximate surface area is 110 Å². The molecule has 6 heteroatoms. The summed E-state index contributed by atoms with van der Waals surface area (Å²) in [6.07, 6.45) is -5.26. The highest BCUT2D eigenvalue weighted by Crippen LogP contribution is 2.19. The van der Waals surface area contributed by atoms with E-state index < -0.39 is 18.5 Å². The number of alkyl halides is 3. The quantitative estimate of drug-likeness (QED) is 0.799. The van der Waals surface area contributed by atoms with Crippen LogP contribution in [-0.2, 0) is 4.79 Å². The molecule has 0 aliphatic heterocycles. The van der Waals surface area contributed by atoms with E-state index in [0.717, 1.165) is 4.90 Å². The van der Waals surface area contributed by atoms with Gasteiger partial charge in [0.1, 0.15) is 5.75 Å². The van der Waals surface area contributed by atoms with Gasteiger partial charge in [0.2, 0.25) is 0 Å². The number of halogens is 3. The van der Waals surface area contributed by atoms with Crippen LogP contribution in [0.1, 0.15) is 13.3 Å². The van der Waals surface area contributed by atoms with Crippen molar-refractivity contribution < 1.29 is 22.7 Å². The number of rotatable bonds is 6. The van der Waals surface area contributed by atoms with E-state index >= 15 is 0 Å². The van der Waals surface area contributed by atoms with Crippen LogP contribution in [0.3, 0.4) is 0 Å². The Hall–Kier alpha value is -1.72. The molecule has 0 aliphatic rings. The second-order valence-corrected chi connectivity index (χ2v) is 3.94. The minimum atomic E-state index is -4.26. The highest BCUT2D eigenvalue weighted by Gasteiger charge is 2.28. The van der Waals surface area contributed by atoms with E-state index in [9.17, 15) is 18.0 Å². The molecule has 0 aromatic heterocycles. The van der Waals surface area contributed by atoms with E-state index in [1.54, 1.807) is 37.3 Å². The van der Waals surface area contributed by atoms with Gasteiger partial charge in [0.25, 0.3) is 5.91 Å². The van der Waals surface area contributed by atoms with Crippen molar-refractivity contribution in [1.29, 1.82) is 0 Å². The third kappa shape index (κ3) is 6.13. The number of likely N-dealkylation sites (N-methyl/N-ethyl adjacent to an activating group) is 1. The monoisotopic (exact) mass is 275 g/mol. The summed E-state index contributed by atoms with van der Waals surface area (Å²) in [5.74, 6) is 0.0679. The number of benzene rings is 1. The second-order valence-electron chi connectivity index (χ2n) is 3.94. The number of hydrogen-bond donors (Lipinski definition) is 0. The van der Waals surface area contributed by atoms with E-state index in [1.165, 1.54) is 0 Å². The van der Waals surface area contributed by atoms with Crippen molar-refractivity contribution in [3.05, 3.63) is 30.3 Å². The van der Waals surface area contributed by atoms with Crippen molar-refractivity contribution >= 4 is 5.91 Å². The van der Waals surface area contributed by atoms with Gasteiger partial charge in [0.05, 0.1) is 6.42 Å². The van der Waals surface area contributed by atoms with Gasteiger partial charge in [-0.3, -0.25) is 4.79 Å². The molecule has 1 aromatic carbocycles. The molecule has 106 valence electrons. The Kier molecular flexibility index (Phi) is 5.66. The Morgan fingerprint density at radius 3 is 2.42 bits per heavy atom. The van der Waals surface area contributed by atoms with E-state index in [2.05, 4.69) is 0 Å². The second kappa shape index (κ2) is 7.01. The molecule has 3 nitrogen and oxygen atoms in total. The average molecular weight is 275 g/mol. The Morgan fingerprint density at radius 1 is 1.26 bits per heavy atom. The minimum absolute atomic E-state index is 0.229. The molecule has 1 rings (SSSR count). The van der Waals surface area contributed by atoms with Crippen LogP contribution in [0.5, 0.6) is 5.75 Å². The molecule has 0 saturated heterocycles. The van der Waals surface area contributed by atoms with Gasteiger partial charge in [-0.15, -0.1) is 0 Å². The zero-order chi connectivity index (χ0) is 14.3. The first kappa shape index (κ1) is 15.3. The third-order valence-electron chi connectivity index (χ3n) is 2.51. The van der Waals surface area contributed by atoms with Gasteiger partial charge in [-0.1, -0.05) is 18.2 Å². The van der Waals surface area contributed by atoms with Crippen LogP contribution in [-0.4, -0.2) is 36.7 Å². The van der Waals surface area contributed by atoms with E-state index in [0.29, 0.717) is 5.75 Å². The van der Waals surface area contributed by atoms with Gasteiger partial charge in [-0.05, 0) is 19.1 Å². The molecule has 0 fully saturated rings. The minimum Gasteiger partial charge on any atom is -0.484 e. The van der Waals surface area contributed by atoms with E-state index in [4.69, 9.17) is 4.74 Å². The van der Waals surface area contributed by atoms with Crippen LogP contribution in [0, 0.1) is 0 Å². The summed E-state index contributed by atoms with van der Waals surface area (Å²) < 4.78 is 41.5. The third-order valence-corrected chi connectivity index (χ3v) is 2.51. The standard InChI is InChI=1S/C13H16F3NO2/c1-2-17(9-8-13(14,15)16)12(18)10-19-11-6-4-3-5-7-11/h3-7H,2,8-10H2,1H3. The van der Waals surface area contributed by atoms with Crippen molar-refractivity contribution in [2.24, 2.45) is 0 Å². The fraction of sp³-hybridized carbons (Fsp3) is 0.462.